The van der Waals surface area contributed by atoms with Gasteiger partial charge in [-0.15, -0.1) is 0 Å². The van der Waals surface area contributed by atoms with Crippen LogP contribution in [0.15, 0.2) is 42.5 Å². The van der Waals surface area contributed by atoms with E-state index in [9.17, 15) is 9.18 Å². The summed E-state index contributed by atoms with van der Waals surface area (Å²) in [7, 11) is 1.88. The number of nitrogens with one attached hydrogen (secondary N) is 1. The third-order valence-electron chi connectivity index (χ3n) is 3.44. The van der Waals surface area contributed by atoms with E-state index < -0.39 is 0 Å². The Bertz CT molecular complexity index is 653. The van der Waals surface area contributed by atoms with Crippen molar-refractivity contribution >= 4 is 11.6 Å². The van der Waals surface area contributed by atoms with Crippen LogP contribution in [0.25, 0.3) is 0 Å². The zero-order chi connectivity index (χ0) is 16.1. The predicted molar refractivity (Wildman–Crippen MR) is 87.3 cm³/mol. The molecule has 22 heavy (non-hydrogen) atoms. The highest BCUT2D eigenvalue weighted by molar-refractivity contribution is 5.92. The van der Waals surface area contributed by atoms with Gasteiger partial charge in [0.1, 0.15) is 5.82 Å². The fraction of sp³-hybridized carbons (Fsp3) is 0.278. The molecule has 2 aromatic carbocycles. The summed E-state index contributed by atoms with van der Waals surface area (Å²) >= 11 is 0. The quantitative estimate of drug-likeness (QED) is 0.916. The molecule has 0 aliphatic carbocycles. The maximum Gasteiger partial charge on any atom is 0.238 e. The second-order valence-electron chi connectivity index (χ2n) is 5.67. The number of carbonyl (C=O) groups is 1. The lowest BCUT2D eigenvalue weighted by molar-refractivity contribution is -0.117. The van der Waals surface area contributed by atoms with Crippen LogP contribution in [0.5, 0.6) is 0 Å². The standard InChI is InChI=1S/C18H21FN2O/c1-13-4-7-15(8-5-13)11-21(3)12-18(22)20-16-9-6-14(2)17(19)10-16/h4-10H,11-12H2,1-3H3,(H,20,22). The molecular weight excluding hydrogens is 279 g/mol. The summed E-state index contributed by atoms with van der Waals surface area (Å²) in [5, 5.41) is 2.72. The second-order valence-corrected chi connectivity index (χ2v) is 5.67. The van der Waals surface area contributed by atoms with Crippen molar-refractivity contribution in [2.45, 2.75) is 20.4 Å². The first kappa shape index (κ1) is 16.2. The van der Waals surface area contributed by atoms with Gasteiger partial charge >= 0.3 is 0 Å². The Morgan fingerprint density at radius 2 is 1.82 bits per heavy atom. The molecule has 4 heteroatoms. The molecule has 3 nitrogen and oxygen atoms in total. The van der Waals surface area contributed by atoms with E-state index in [1.165, 1.54) is 11.6 Å². The van der Waals surface area contributed by atoms with E-state index in [0.29, 0.717) is 17.8 Å². The van der Waals surface area contributed by atoms with Crippen molar-refractivity contribution in [2.75, 3.05) is 18.9 Å². The van der Waals surface area contributed by atoms with Crippen LogP contribution in [-0.2, 0) is 11.3 Å². The minimum Gasteiger partial charge on any atom is -0.325 e. The van der Waals surface area contributed by atoms with E-state index in [1.807, 2.05) is 18.9 Å². The highest BCUT2D eigenvalue weighted by Gasteiger charge is 2.08. The lowest BCUT2D eigenvalue weighted by Gasteiger charge is -2.16. The van der Waals surface area contributed by atoms with Crippen LogP contribution in [0, 0.1) is 19.7 Å². The summed E-state index contributed by atoms with van der Waals surface area (Å²) in [4.78, 5) is 13.9. The second kappa shape index (κ2) is 7.18. The smallest absolute Gasteiger partial charge is 0.238 e. The van der Waals surface area contributed by atoms with Gasteiger partial charge < -0.3 is 5.32 Å². The number of amides is 1. The van der Waals surface area contributed by atoms with Gasteiger partial charge in [-0.3, -0.25) is 9.69 Å². The molecule has 2 rings (SSSR count). The molecule has 116 valence electrons. The number of hydrogen-bond acceptors (Lipinski definition) is 2. The van der Waals surface area contributed by atoms with E-state index >= 15 is 0 Å². The number of likely N-dealkylation sites (N-methyl/N-ethyl adjacent to an activating group) is 1. The van der Waals surface area contributed by atoms with Crippen molar-refractivity contribution in [1.82, 2.24) is 4.90 Å². The summed E-state index contributed by atoms with van der Waals surface area (Å²) in [6.45, 7) is 4.68. The SMILES string of the molecule is Cc1ccc(CN(C)CC(=O)Nc2ccc(C)c(F)c2)cc1. The Kier molecular flexibility index (Phi) is 5.28. The Hall–Kier alpha value is -2.20. The maximum atomic E-state index is 13.5. The van der Waals surface area contributed by atoms with Crippen LogP contribution in [0.2, 0.25) is 0 Å². The van der Waals surface area contributed by atoms with Gasteiger partial charge in [-0.05, 0) is 44.2 Å². The van der Waals surface area contributed by atoms with E-state index in [4.69, 9.17) is 0 Å². The highest BCUT2D eigenvalue weighted by atomic mass is 19.1. The molecule has 0 unspecified atom stereocenters. The van der Waals surface area contributed by atoms with Gasteiger partial charge in [0.25, 0.3) is 0 Å². The van der Waals surface area contributed by atoms with Gasteiger partial charge in [0.05, 0.1) is 6.54 Å². The zero-order valence-corrected chi connectivity index (χ0v) is 13.2. The lowest BCUT2D eigenvalue weighted by atomic mass is 10.1. The molecule has 0 bridgehead atoms. The number of carbonyl (C=O) groups excluding carboxylic acids is 1. The molecular formula is C18H21FN2O. The monoisotopic (exact) mass is 300 g/mol. The van der Waals surface area contributed by atoms with Crippen molar-refractivity contribution in [1.29, 1.82) is 0 Å². The van der Waals surface area contributed by atoms with Crippen molar-refractivity contribution in [3.05, 3.63) is 65.0 Å². The minimum atomic E-state index is -0.314. The summed E-state index contributed by atoms with van der Waals surface area (Å²) in [6.07, 6.45) is 0. The normalized spacial score (nSPS) is 10.8. The number of benzene rings is 2. The van der Waals surface area contributed by atoms with E-state index in [2.05, 4.69) is 29.6 Å². The van der Waals surface area contributed by atoms with Crippen molar-refractivity contribution in [3.8, 4) is 0 Å². The molecule has 0 saturated carbocycles. The van der Waals surface area contributed by atoms with Gasteiger partial charge in [0, 0.05) is 12.2 Å². The first-order chi connectivity index (χ1) is 10.4. The fourth-order valence-corrected chi connectivity index (χ4v) is 2.18. The van der Waals surface area contributed by atoms with Gasteiger partial charge in [0.15, 0.2) is 0 Å². The summed E-state index contributed by atoms with van der Waals surface area (Å²) in [5.74, 6) is -0.469. The molecule has 0 saturated heterocycles. The molecule has 0 spiro atoms. The lowest BCUT2D eigenvalue weighted by Crippen LogP contribution is -2.29. The van der Waals surface area contributed by atoms with Crippen LogP contribution in [0.3, 0.4) is 0 Å². The van der Waals surface area contributed by atoms with Crippen LogP contribution < -0.4 is 5.32 Å². The Balaban J connectivity index is 1.88. The van der Waals surface area contributed by atoms with Gasteiger partial charge in [0.2, 0.25) is 5.91 Å². The first-order valence-electron chi connectivity index (χ1n) is 7.24. The largest absolute Gasteiger partial charge is 0.325 e. The van der Waals surface area contributed by atoms with Crippen molar-refractivity contribution in [3.63, 3.8) is 0 Å². The number of halogens is 1. The zero-order valence-electron chi connectivity index (χ0n) is 13.2. The number of aryl methyl sites for hydroxylation is 2. The van der Waals surface area contributed by atoms with E-state index in [1.54, 1.807) is 19.1 Å². The Labute approximate surface area is 130 Å². The van der Waals surface area contributed by atoms with Crippen LogP contribution >= 0.6 is 0 Å². The fourth-order valence-electron chi connectivity index (χ4n) is 2.18. The Morgan fingerprint density at radius 3 is 2.45 bits per heavy atom. The molecule has 0 aliphatic rings. The van der Waals surface area contributed by atoms with Crippen LogP contribution in [-0.4, -0.2) is 24.4 Å². The first-order valence-corrected chi connectivity index (χ1v) is 7.24. The Morgan fingerprint density at radius 1 is 1.14 bits per heavy atom. The molecule has 0 atom stereocenters. The third kappa shape index (κ3) is 4.67. The molecule has 1 N–H and O–H groups in total. The van der Waals surface area contributed by atoms with Crippen molar-refractivity contribution in [2.24, 2.45) is 0 Å². The van der Waals surface area contributed by atoms with E-state index in [-0.39, 0.29) is 18.3 Å². The van der Waals surface area contributed by atoms with E-state index in [0.717, 1.165) is 5.56 Å². The predicted octanol–water partition coefficient (Wildman–Crippen LogP) is 3.51. The molecule has 0 aromatic heterocycles. The molecule has 1 amide bonds. The molecule has 2 aromatic rings. The molecule has 0 fully saturated rings. The third-order valence-corrected chi connectivity index (χ3v) is 3.44. The molecule has 0 aliphatic heterocycles. The average molecular weight is 300 g/mol. The number of rotatable bonds is 5. The topological polar surface area (TPSA) is 32.3 Å². The van der Waals surface area contributed by atoms with Crippen molar-refractivity contribution < 1.29 is 9.18 Å². The maximum absolute atomic E-state index is 13.5. The van der Waals surface area contributed by atoms with Crippen LogP contribution in [0.1, 0.15) is 16.7 Å². The van der Waals surface area contributed by atoms with Gasteiger partial charge in [-0.1, -0.05) is 35.9 Å². The van der Waals surface area contributed by atoms with Crippen LogP contribution in [0.4, 0.5) is 10.1 Å². The number of anilines is 1. The van der Waals surface area contributed by atoms with Gasteiger partial charge in [-0.25, -0.2) is 4.39 Å². The summed E-state index contributed by atoms with van der Waals surface area (Å²) in [6, 6.07) is 12.9. The molecule has 0 heterocycles. The summed E-state index contributed by atoms with van der Waals surface area (Å²) in [5.41, 5.74) is 3.42. The average Bonchev–Trinajstić information content (AvgIpc) is 2.45. The number of hydrogen-bond donors (Lipinski definition) is 1. The minimum absolute atomic E-state index is 0.155. The highest BCUT2D eigenvalue weighted by Crippen LogP contribution is 2.13. The number of nitrogens with zero attached hydrogens (tertiary/aromatic N) is 1. The molecule has 0 radical (unpaired) electrons. The summed E-state index contributed by atoms with van der Waals surface area (Å²) < 4.78 is 13.5. The van der Waals surface area contributed by atoms with Gasteiger partial charge in [-0.2, -0.15) is 0 Å².